The molecule has 0 saturated heterocycles. The van der Waals surface area contributed by atoms with Gasteiger partial charge in [0.1, 0.15) is 0 Å². The fraction of sp³-hybridized carbons (Fsp3) is 0.364. The standard InChI is InChI=1S/C11H13BrO2/c12-10(8-11(13)14)7-6-9-4-2-1-3-5-9/h1-5,10H,6-8H2,(H,13,14). The molecule has 0 aliphatic rings. The molecule has 0 spiro atoms. The van der Waals surface area contributed by atoms with Gasteiger partial charge < -0.3 is 5.11 Å². The smallest absolute Gasteiger partial charge is 0.304 e. The summed E-state index contributed by atoms with van der Waals surface area (Å²) in [6, 6.07) is 10.1. The Labute approximate surface area is 92.1 Å². The van der Waals surface area contributed by atoms with Crippen molar-refractivity contribution in [2.24, 2.45) is 0 Å². The number of hydrogen-bond donors (Lipinski definition) is 1. The zero-order valence-electron chi connectivity index (χ0n) is 7.82. The molecule has 1 atom stereocenters. The van der Waals surface area contributed by atoms with Crippen molar-refractivity contribution in [3.05, 3.63) is 35.9 Å². The molecule has 0 amide bonds. The summed E-state index contributed by atoms with van der Waals surface area (Å²) in [6.07, 6.45) is 1.97. The summed E-state index contributed by atoms with van der Waals surface area (Å²) in [7, 11) is 0. The van der Waals surface area contributed by atoms with E-state index in [0.717, 1.165) is 12.8 Å². The number of aryl methyl sites for hydroxylation is 1. The maximum atomic E-state index is 10.4. The summed E-state index contributed by atoms with van der Waals surface area (Å²) in [6.45, 7) is 0. The topological polar surface area (TPSA) is 37.3 Å². The maximum absolute atomic E-state index is 10.4. The van der Waals surface area contributed by atoms with Crippen LogP contribution in [0.15, 0.2) is 30.3 Å². The van der Waals surface area contributed by atoms with E-state index in [0.29, 0.717) is 0 Å². The first-order chi connectivity index (χ1) is 6.68. The van der Waals surface area contributed by atoms with Crippen LogP contribution in [0.4, 0.5) is 0 Å². The molecule has 0 aliphatic carbocycles. The quantitative estimate of drug-likeness (QED) is 0.823. The summed E-state index contributed by atoms with van der Waals surface area (Å²) in [5, 5.41) is 8.55. The SMILES string of the molecule is O=C(O)CC(Br)CCc1ccccc1. The molecule has 0 radical (unpaired) electrons. The lowest BCUT2D eigenvalue weighted by molar-refractivity contribution is -0.136. The minimum absolute atomic E-state index is 0.0696. The average molecular weight is 257 g/mol. The molecule has 0 heterocycles. The predicted molar refractivity (Wildman–Crippen MR) is 59.7 cm³/mol. The van der Waals surface area contributed by atoms with Crippen molar-refractivity contribution in [2.75, 3.05) is 0 Å². The molecule has 0 aliphatic heterocycles. The van der Waals surface area contributed by atoms with Crippen LogP contribution in [-0.2, 0) is 11.2 Å². The van der Waals surface area contributed by atoms with Crippen molar-refractivity contribution in [1.82, 2.24) is 0 Å². The van der Waals surface area contributed by atoms with Gasteiger partial charge in [0.15, 0.2) is 0 Å². The number of alkyl halides is 1. The molecule has 1 unspecified atom stereocenters. The van der Waals surface area contributed by atoms with E-state index < -0.39 is 5.97 Å². The lowest BCUT2D eigenvalue weighted by atomic mass is 10.1. The second-order valence-corrected chi connectivity index (χ2v) is 4.51. The number of aliphatic carboxylic acids is 1. The van der Waals surface area contributed by atoms with Crippen LogP contribution >= 0.6 is 15.9 Å². The Kier molecular flexibility index (Phi) is 4.66. The van der Waals surface area contributed by atoms with Gasteiger partial charge in [-0.05, 0) is 18.4 Å². The van der Waals surface area contributed by atoms with Crippen LogP contribution in [0, 0.1) is 0 Å². The third-order valence-corrected chi connectivity index (χ3v) is 2.77. The van der Waals surface area contributed by atoms with Crippen LogP contribution in [0.1, 0.15) is 18.4 Å². The van der Waals surface area contributed by atoms with Gasteiger partial charge in [0, 0.05) is 4.83 Å². The van der Waals surface area contributed by atoms with Crippen LogP contribution in [0.2, 0.25) is 0 Å². The van der Waals surface area contributed by atoms with Gasteiger partial charge in [-0.25, -0.2) is 0 Å². The molecule has 1 aromatic carbocycles. The minimum Gasteiger partial charge on any atom is -0.481 e. The third-order valence-electron chi connectivity index (χ3n) is 1.99. The summed E-state index contributed by atoms with van der Waals surface area (Å²) < 4.78 is 0. The lowest BCUT2D eigenvalue weighted by Crippen LogP contribution is -2.07. The van der Waals surface area contributed by atoms with E-state index >= 15 is 0 Å². The second kappa shape index (κ2) is 5.81. The normalized spacial score (nSPS) is 12.4. The predicted octanol–water partition coefficient (Wildman–Crippen LogP) is 2.86. The number of rotatable bonds is 5. The van der Waals surface area contributed by atoms with Crippen molar-refractivity contribution in [2.45, 2.75) is 24.1 Å². The number of carbonyl (C=O) groups is 1. The van der Waals surface area contributed by atoms with Gasteiger partial charge in [-0.15, -0.1) is 0 Å². The summed E-state index contributed by atoms with van der Waals surface area (Å²) in [5.74, 6) is -0.750. The van der Waals surface area contributed by atoms with E-state index in [1.807, 2.05) is 18.2 Å². The van der Waals surface area contributed by atoms with Crippen molar-refractivity contribution in [3.63, 3.8) is 0 Å². The van der Waals surface area contributed by atoms with Crippen molar-refractivity contribution >= 4 is 21.9 Å². The Morgan fingerprint density at radius 1 is 1.36 bits per heavy atom. The molecule has 1 N–H and O–H groups in total. The Morgan fingerprint density at radius 3 is 2.57 bits per heavy atom. The van der Waals surface area contributed by atoms with Crippen LogP contribution in [0.25, 0.3) is 0 Å². The first-order valence-corrected chi connectivity index (χ1v) is 5.50. The van der Waals surface area contributed by atoms with Crippen LogP contribution in [0.5, 0.6) is 0 Å². The number of benzene rings is 1. The molecular formula is C11H13BrO2. The molecule has 0 saturated carbocycles. The zero-order valence-corrected chi connectivity index (χ0v) is 9.40. The molecule has 0 fully saturated rings. The minimum atomic E-state index is -0.750. The molecule has 14 heavy (non-hydrogen) atoms. The summed E-state index contributed by atoms with van der Waals surface area (Å²) in [4.78, 5) is 10.5. The van der Waals surface area contributed by atoms with E-state index in [4.69, 9.17) is 5.11 Å². The van der Waals surface area contributed by atoms with E-state index in [9.17, 15) is 4.79 Å². The van der Waals surface area contributed by atoms with Gasteiger partial charge in [-0.3, -0.25) is 4.79 Å². The number of hydrogen-bond acceptors (Lipinski definition) is 1. The number of carboxylic acid groups (broad SMARTS) is 1. The van der Waals surface area contributed by atoms with Crippen LogP contribution < -0.4 is 0 Å². The van der Waals surface area contributed by atoms with Crippen LogP contribution in [-0.4, -0.2) is 15.9 Å². The monoisotopic (exact) mass is 256 g/mol. The van der Waals surface area contributed by atoms with Crippen molar-refractivity contribution in [1.29, 1.82) is 0 Å². The van der Waals surface area contributed by atoms with Gasteiger partial charge in [0.2, 0.25) is 0 Å². The summed E-state index contributed by atoms with van der Waals surface area (Å²) in [5.41, 5.74) is 1.25. The van der Waals surface area contributed by atoms with Crippen LogP contribution in [0.3, 0.4) is 0 Å². The van der Waals surface area contributed by atoms with Crippen molar-refractivity contribution < 1.29 is 9.90 Å². The largest absolute Gasteiger partial charge is 0.481 e. The summed E-state index contributed by atoms with van der Waals surface area (Å²) >= 11 is 3.36. The molecule has 1 aromatic rings. The van der Waals surface area contributed by atoms with E-state index in [-0.39, 0.29) is 11.2 Å². The highest BCUT2D eigenvalue weighted by Crippen LogP contribution is 2.13. The Balaban J connectivity index is 2.30. The highest BCUT2D eigenvalue weighted by Gasteiger charge is 2.08. The van der Waals surface area contributed by atoms with Gasteiger partial charge in [0.25, 0.3) is 0 Å². The van der Waals surface area contributed by atoms with Gasteiger partial charge in [-0.2, -0.15) is 0 Å². The molecule has 0 aromatic heterocycles. The number of carboxylic acids is 1. The molecule has 1 rings (SSSR count). The third kappa shape index (κ3) is 4.42. The van der Waals surface area contributed by atoms with Gasteiger partial charge >= 0.3 is 5.97 Å². The first-order valence-electron chi connectivity index (χ1n) is 4.58. The molecule has 76 valence electrons. The first kappa shape index (κ1) is 11.2. The second-order valence-electron chi connectivity index (χ2n) is 3.22. The van der Waals surface area contributed by atoms with Crippen molar-refractivity contribution in [3.8, 4) is 0 Å². The Hall–Kier alpha value is -0.830. The lowest BCUT2D eigenvalue weighted by Gasteiger charge is -2.06. The van der Waals surface area contributed by atoms with E-state index in [1.54, 1.807) is 0 Å². The van der Waals surface area contributed by atoms with E-state index in [1.165, 1.54) is 5.56 Å². The van der Waals surface area contributed by atoms with Gasteiger partial charge in [-0.1, -0.05) is 46.3 Å². The molecule has 0 bridgehead atoms. The maximum Gasteiger partial charge on any atom is 0.304 e. The highest BCUT2D eigenvalue weighted by molar-refractivity contribution is 9.09. The van der Waals surface area contributed by atoms with E-state index in [2.05, 4.69) is 28.1 Å². The fourth-order valence-electron chi connectivity index (χ4n) is 1.26. The Bertz CT molecular complexity index is 285. The van der Waals surface area contributed by atoms with Gasteiger partial charge in [0.05, 0.1) is 6.42 Å². The fourth-order valence-corrected chi connectivity index (χ4v) is 1.77. The molecule has 3 heteroatoms. The molecule has 2 nitrogen and oxygen atoms in total. The molecular weight excluding hydrogens is 244 g/mol. The Morgan fingerprint density at radius 2 is 2.00 bits per heavy atom. The highest BCUT2D eigenvalue weighted by atomic mass is 79.9. The average Bonchev–Trinajstić information content (AvgIpc) is 2.15. The zero-order chi connectivity index (χ0) is 10.4. The number of halogens is 1.